The van der Waals surface area contributed by atoms with Crippen LogP contribution in [0.3, 0.4) is 0 Å². The monoisotopic (exact) mass is 485 g/mol. The van der Waals surface area contributed by atoms with Crippen LogP contribution in [0, 0.1) is 11.8 Å². The van der Waals surface area contributed by atoms with Crippen LogP contribution in [0.4, 0.5) is 0 Å². The number of hydrogen-bond acceptors (Lipinski definition) is 10. The summed E-state index contributed by atoms with van der Waals surface area (Å²) in [5.41, 5.74) is 8.60. The smallest absolute Gasteiger partial charge is 0.255 e. The Balaban J connectivity index is 1.71. The highest BCUT2D eigenvalue weighted by atomic mass is 16.5. The maximum atomic E-state index is 13.6. The molecule has 0 aromatic heterocycles. The van der Waals surface area contributed by atoms with E-state index in [0.717, 1.165) is 24.9 Å². The van der Waals surface area contributed by atoms with Gasteiger partial charge in [0.2, 0.25) is 5.78 Å². The Bertz CT molecular complexity index is 1250. The number of amides is 1. The molecule has 1 aromatic carbocycles. The molecule has 3 aliphatic carbocycles. The first-order valence-corrected chi connectivity index (χ1v) is 11.4. The average Bonchev–Trinajstić information content (AvgIpc) is 3.34. The number of aliphatic hydroxyl groups excluding tert-OH is 2. The number of carbonyl (C=O) groups excluding carboxylic acids is 3. The molecule has 9 N–H and O–H groups in total. The minimum Gasteiger partial charge on any atom is -0.508 e. The van der Waals surface area contributed by atoms with Crippen LogP contribution in [0.1, 0.15) is 42.0 Å². The van der Waals surface area contributed by atoms with E-state index in [0.29, 0.717) is 11.3 Å². The summed E-state index contributed by atoms with van der Waals surface area (Å²) in [4.78, 5) is 38.1. The van der Waals surface area contributed by atoms with Crippen molar-refractivity contribution >= 4 is 23.2 Å². The van der Waals surface area contributed by atoms with Crippen LogP contribution in [-0.4, -0.2) is 63.2 Å². The molecule has 0 bridgehead atoms. The van der Waals surface area contributed by atoms with Crippen LogP contribution < -0.4 is 21.5 Å². The molecular formula is C24H27N3O8. The molecule has 1 heterocycles. The van der Waals surface area contributed by atoms with Crippen molar-refractivity contribution in [3.05, 3.63) is 39.7 Å². The molecule has 1 saturated heterocycles. The van der Waals surface area contributed by atoms with Crippen LogP contribution in [0.2, 0.25) is 0 Å². The molecule has 4 aliphatic rings. The predicted molar refractivity (Wildman–Crippen MR) is 121 cm³/mol. The largest absolute Gasteiger partial charge is 0.508 e. The summed E-state index contributed by atoms with van der Waals surface area (Å²) in [5.74, 6) is -6.85. The second kappa shape index (κ2) is 7.80. The number of rotatable bonds is 3. The zero-order valence-electron chi connectivity index (χ0n) is 19.0. The van der Waals surface area contributed by atoms with Gasteiger partial charge < -0.3 is 41.9 Å². The Morgan fingerprint density at radius 3 is 2.57 bits per heavy atom. The van der Waals surface area contributed by atoms with Crippen molar-refractivity contribution in [3.8, 4) is 11.5 Å². The second-order valence-corrected chi connectivity index (χ2v) is 9.60. The van der Waals surface area contributed by atoms with E-state index in [1.807, 2.05) is 0 Å². The number of phenolic OH excluding ortho intramolecular Hbond substituents is 1. The summed E-state index contributed by atoms with van der Waals surface area (Å²) in [6, 6.07) is -0.0393. The van der Waals surface area contributed by atoms with E-state index in [1.54, 1.807) is 0 Å². The van der Waals surface area contributed by atoms with E-state index in [2.05, 4.69) is 5.32 Å². The highest BCUT2D eigenvalue weighted by Gasteiger charge is 2.63. The molecule has 35 heavy (non-hydrogen) atoms. The van der Waals surface area contributed by atoms with Crippen LogP contribution in [0.5, 0.6) is 11.5 Å². The van der Waals surface area contributed by atoms with Crippen LogP contribution >= 0.6 is 0 Å². The van der Waals surface area contributed by atoms with Gasteiger partial charge in [-0.1, -0.05) is 0 Å². The van der Waals surface area contributed by atoms with Gasteiger partial charge in [0.05, 0.1) is 18.7 Å². The van der Waals surface area contributed by atoms with Gasteiger partial charge in [0, 0.05) is 28.7 Å². The molecule has 11 heteroatoms. The van der Waals surface area contributed by atoms with Gasteiger partial charge in [0.1, 0.15) is 28.6 Å². The van der Waals surface area contributed by atoms with Crippen LogP contribution in [0.25, 0.3) is 5.76 Å². The third kappa shape index (κ3) is 2.98. The quantitative estimate of drug-likeness (QED) is 0.281. The maximum absolute atomic E-state index is 13.6. The number of nitrogens with two attached hydrogens (primary N) is 2. The number of methoxy groups -OCH3 is 1. The molecule has 1 saturated carbocycles. The lowest BCUT2D eigenvalue weighted by Crippen LogP contribution is -2.65. The fourth-order valence-electron chi connectivity index (χ4n) is 6.24. The maximum Gasteiger partial charge on any atom is 0.255 e. The molecule has 186 valence electrons. The predicted octanol–water partition coefficient (Wildman–Crippen LogP) is -0.206. The lowest BCUT2D eigenvalue weighted by molar-refractivity contribution is -0.149. The molecule has 5 rings (SSSR count). The summed E-state index contributed by atoms with van der Waals surface area (Å²) in [6.45, 7) is 0.814. The van der Waals surface area contributed by atoms with Gasteiger partial charge in [-0.3, -0.25) is 14.4 Å². The minimum absolute atomic E-state index is 0.0000235. The summed E-state index contributed by atoms with van der Waals surface area (Å²) < 4.78 is 5.69. The van der Waals surface area contributed by atoms with Crippen LogP contribution in [0.15, 0.2) is 23.0 Å². The van der Waals surface area contributed by atoms with Crippen molar-refractivity contribution in [2.45, 2.75) is 43.4 Å². The van der Waals surface area contributed by atoms with Crippen molar-refractivity contribution in [2.75, 3.05) is 13.7 Å². The number of aromatic hydroxyl groups is 1. The van der Waals surface area contributed by atoms with Crippen molar-refractivity contribution in [3.63, 3.8) is 0 Å². The summed E-state index contributed by atoms with van der Waals surface area (Å²) >= 11 is 0. The molecular weight excluding hydrogens is 458 g/mol. The lowest BCUT2D eigenvalue weighted by atomic mass is 9.58. The molecule has 0 unspecified atom stereocenters. The van der Waals surface area contributed by atoms with E-state index < -0.39 is 58.0 Å². The average molecular weight is 485 g/mol. The number of carbonyl (C=O) groups is 3. The van der Waals surface area contributed by atoms with Gasteiger partial charge in [-0.25, -0.2) is 0 Å². The zero-order valence-corrected chi connectivity index (χ0v) is 19.0. The number of ether oxygens (including phenoxy) is 1. The summed E-state index contributed by atoms with van der Waals surface area (Å²) in [5, 5.41) is 47.4. The molecule has 0 spiro atoms. The van der Waals surface area contributed by atoms with Crippen molar-refractivity contribution in [2.24, 2.45) is 23.3 Å². The number of benzene rings is 1. The zero-order chi connectivity index (χ0) is 25.4. The number of hydrogen-bond donors (Lipinski definition) is 7. The number of aliphatic hydroxyl groups is 3. The van der Waals surface area contributed by atoms with Gasteiger partial charge in [-0.05, 0) is 44.2 Å². The molecule has 2 fully saturated rings. The van der Waals surface area contributed by atoms with Gasteiger partial charge in [-0.2, -0.15) is 0 Å². The van der Waals surface area contributed by atoms with Gasteiger partial charge in [0.25, 0.3) is 5.91 Å². The van der Waals surface area contributed by atoms with Crippen LogP contribution in [-0.2, 0) is 20.8 Å². The van der Waals surface area contributed by atoms with E-state index >= 15 is 0 Å². The highest BCUT2D eigenvalue weighted by Crippen LogP contribution is 2.54. The van der Waals surface area contributed by atoms with E-state index in [-0.39, 0.29) is 35.8 Å². The fourth-order valence-corrected chi connectivity index (χ4v) is 6.24. The number of ketones is 2. The van der Waals surface area contributed by atoms with Crippen molar-refractivity contribution in [1.82, 2.24) is 5.32 Å². The lowest BCUT2D eigenvalue weighted by Gasteiger charge is -2.48. The highest BCUT2D eigenvalue weighted by molar-refractivity contribution is 6.24. The first kappa shape index (κ1) is 23.3. The molecule has 0 radical (unpaired) electrons. The first-order chi connectivity index (χ1) is 16.5. The first-order valence-electron chi connectivity index (χ1n) is 11.4. The Morgan fingerprint density at radius 2 is 1.97 bits per heavy atom. The number of primary amides is 1. The summed E-state index contributed by atoms with van der Waals surface area (Å²) in [7, 11) is 1.48. The Hall–Kier alpha value is -3.41. The van der Waals surface area contributed by atoms with E-state index in [1.165, 1.54) is 13.2 Å². The number of nitrogens with one attached hydrogen (secondary N) is 1. The third-order valence-electron chi connectivity index (χ3n) is 7.87. The standard InChI is InChI=1S/C24H27N3O8/c1-35-20-9(12-3-2-4-27-12)7-13(28)15-10(20)5-8-6-11-17(25)19(30)16(23(26)33)22(32)24(11,34)21(31)14(8)18(15)29/h7-8,11-12,17,27-29,32,34H,2-6,25H2,1H3,(H2,26,33)/t8-,11-,12-,17-,24-/m0/s1. The number of Topliss-reactive ketones (excluding diaryl/α,β-unsaturated/α-hetero) is 2. The molecule has 1 aliphatic heterocycles. The SMILES string of the molecule is COc1c([C@@H]2CCCN2)cc(O)c2c1C[C@H]1C[C@H]3[C@H](N)C(=O)C(C(N)=O)=C(O)[C@@]3(O)C(=O)C1=C2O. The van der Waals surface area contributed by atoms with E-state index in [4.69, 9.17) is 16.2 Å². The Kier molecular flexibility index (Phi) is 5.20. The molecule has 11 nitrogen and oxygen atoms in total. The fraction of sp³-hybridized carbons (Fsp3) is 0.458. The van der Waals surface area contributed by atoms with Gasteiger partial charge >= 0.3 is 0 Å². The summed E-state index contributed by atoms with van der Waals surface area (Å²) in [6.07, 6.45) is 1.89. The number of phenols is 1. The number of fused-ring (bicyclic) bond motifs is 3. The molecule has 1 amide bonds. The Labute approximate surface area is 200 Å². The van der Waals surface area contributed by atoms with Crippen molar-refractivity contribution in [1.29, 1.82) is 0 Å². The van der Waals surface area contributed by atoms with Crippen molar-refractivity contribution < 1.29 is 39.5 Å². The minimum atomic E-state index is -2.72. The molecule has 1 aromatic rings. The van der Waals surface area contributed by atoms with E-state index in [9.17, 15) is 34.8 Å². The second-order valence-electron chi connectivity index (χ2n) is 9.60. The molecule has 5 atom stereocenters. The third-order valence-corrected chi connectivity index (χ3v) is 7.87. The Morgan fingerprint density at radius 1 is 1.26 bits per heavy atom. The normalized spacial score (nSPS) is 32.3. The van der Waals surface area contributed by atoms with Gasteiger partial charge in [0.15, 0.2) is 11.4 Å². The van der Waals surface area contributed by atoms with Gasteiger partial charge in [-0.15, -0.1) is 0 Å². The topological polar surface area (TPSA) is 205 Å².